The van der Waals surface area contributed by atoms with Crippen LogP contribution in [0.4, 0.5) is 11.4 Å². The lowest BCUT2D eigenvalue weighted by Crippen LogP contribution is -2.29. The Morgan fingerprint density at radius 2 is 1.82 bits per heavy atom. The minimum atomic E-state index is -3.74. The van der Waals surface area contributed by atoms with E-state index in [-0.39, 0.29) is 22.8 Å². The highest BCUT2D eigenvalue weighted by atomic mass is 32.2. The normalized spacial score (nSPS) is 20.7. The second-order valence-electron chi connectivity index (χ2n) is 8.53. The zero-order valence-electron chi connectivity index (χ0n) is 19.2. The summed E-state index contributed by atoms with van der Waals surface area (Å²) in [6.45, 7) is 2.59. The van der Waals surface area contributed by atoms with Gasteiger partial charge >= 0.3 is 0 Å². The first-order valence-corrected chi connectivity index (χ1v) is 12.9. The number of para-hydroxylation sites is 1. The monoisotopic (exact) mass is 476 g/mol. The summed E-state index contributed by atoms with van der Waals surface area (Å²) < 4.78 is 40.0. The molecule has 2 aliphatic rings. The Morgan fingerprint density at radius 1 is 1.03 bits per heavy atom. The van der Waals surface area contributed by atoms with Crippen molar-refractivity contribution in [1.29, 1.82) is 0 Å². The summed E-state index contributed by atoms with van der Waals surface area (Å²) in [6.07, 6.45) is 5.32. The van der Waals surface area contributed by atoms with Crippen LogP contribution in [0.5, 0.6) is 11.5 Å². The van der Waals surface area contributed by atoms with Crippen molar-refractivity contribution in [1.82, 2.24) is 0 Å². The molecule has 0 spiro atoms. The Morgan fingerprint density at radius 3 is 2.59 bits per heavy atom. The molecule has 0 saturated heterocycles. The van der Waals surface area contributed by atoms with Gasteiger partial charge in [0.2, 0.25) is 0 Å². The van der Waals surface area contributed by atoms with Crippen molar-refractivity contribution in [2.45, 2.75) is 30.2 Å². The maximum Gasteiger partial charge on any atom is 0.261 e. The number of ether oxygens (including phenoxy) is 2. The molecule has 5 rings (SSSR count). The van der Waals surface area contributed by atoms with Crippen molar-refractivity contribution >= 4 is 21.4 Å². The number of allylic oxidation sites excluding steroid dienone is 2. The van der Waals surface area contributed by atoms with Gasteiger partial charge in [0.25, 0.3) is 10.0 Å². The Labute approximate surface area is 200 Å². The Bertz CT molecular complexity index is 1320. The highest BCUT2D eigenvalue weighted by Crippen LogP contribution is 2.51. The molecule has 0 aromatic heterocycles. The lowest BCUT2D eigenvalue weighted by molar-refractivity contribution is 0.326. The maximum atomic E-state index is 13.1. The summed E-state index contributed by atoms with van der Waals surface area (Å²) in [5.74, 6) is 1.97. The van der Waals surface area contributed by atoms with E-state index in [4.69, 9.17) is 9.47 Å². The van der Waals surface area contributed by atoms with Gasteiger partial charge in [0.1, 0.15) is 11.5 Å². The molecule has 1 heterocycles. The summed E-state index contributed by atoms with van der Waals surface area (Å²) in [5, 5.41) is 3.68. The first kappa shape index (κ1) is 22.3. The van der Waals surface area contributed by atoms with Gasteiger partial charge in [-0.25, -0.2) is 8.42 Å². The van der Waals surface area contributed by atoms with Gasteiger partial charge in [0.15, 0.2) is 0 Å². The van der Waals surface area contributed by atoms with Crippen molar-refractivity contribution < 1.29 is 17.9 Å². The second-order valence-corrected chi connectivity index (χ2v) is 10.2. The third-order valence-electron chi connectivity index (χ3n) is 6.54. The average Bonchev–Trinajstić information content (AvgIpc) is 3.35. The van der Waals surface area contributed by atoms with E-state index in [9.17, 15) is 8.42 Å². The molecule has 0 saturated carbocycles. The third kappa shape index (κ3) is 4.12. The van der Waals surface area contributed by atoms with Crippen molar-refractivity contribution in [3.8, 4) is 11.5 Å². The molecule has 1 aliphatic carbocycles. The van der Waals surface area contributed by atoms with Crippen molar-refractivity contribution in [3.05, 3.63) is 90.0 Å². The number of benzene rings is 3. The van der Waals surface area contributed by atoms with Gasteiger partial charge in [0.05, 0.1) is 24.7 Å². The van der Waals surface area contributed by atoms with Crippen molar-refractivity contribution in [3.63, 3.8) is 0 Å². The van der Waals surface area contributed by atoms with Crippen LogP contribution in [0, 0.1) is 5.92 Å². The third-order valence-corrected chi connectivity index (χ3v) is 7.92. The molecule has 1 aliphatic heterocycles. The van der Waals surface area contributed by atoms with Crippen molar-refractivity contribution in [2.75, 3.05) is 23.8 Å². The lowest BCUT2D eigenvalue weighted by Gasteiger charge is -2.38. The first-order chi connectivity index (χ1) is 16.5. The van der Waals surface area contributed by atoms with Crippen molar-refractivity contribution in [2.24, 2.45) is 5.92 Å². The molecular weight excluding hydrogens is 448 g/mol. The maximum absolute atomic E-state index is 13.1. The SMILES string of the molecule is CCOc1ccccc1C1Nc2ccc(S(=O)(=O)Nc3ccc(OC)cc3)cc2C2C=CCC21. The predicted molar refractivity (Wildman–Crippen MR) is 134 cm³/mol. The topological polar surface area (TPSA) is 76.7 Å². The summed E-state index contributed by atoms with van der Waals surface area (Å²) in [6, 6.07) is 20.4. The van der Waals surface area contributed by atoms with E-state index in [0.717, 1.165) is 29.0 Å². The molecule has 0 bridgehead atoms. The minimum absolute atomic E-state index is 0.0788. The van der Waals surface area contributed by atoms with Crippen LogP contribution in [0.15, 0.2) is 83.8 Å². The molecule has 34 heavy (non-hydrogen) atoms. The Balaban J connectivity index is 1.47. The molecule has 3 aromatic carbocycles. The van der Waals surface area contributed by atoms with E-state index in [1.54, 1.807) is 43.5 Å². The molecule has 6 nitrogen and oxygen atoms in total. The van der Waals surface area contributed by atoms with E-state index >= 15 is 0 Å². The van der Waals surface area contributed by atoms with E-state index in [2.05, 4.69) is 28.3 Å². The van der Waals surface area contributed by atoms with Crippen LogP contribution in [0.3, 0.4) is 0 Å². The van der Waals surface area contributed by atoms with E-state index in [1.165, 1.54) is 0 Å². The predicted octanol–water partition coefficient (Wildman–Crippen LogP) is 5.72. The van der Waals surface area contributed by atoms with Gasteiger partial charge in [-0.1, -0.05) is 30.4 Å². The van der Waals surface area contributed by atoms with E-state index in [0.29, 0.717) is 18.0 Å². The van der Waals surface area contributed by atoms with Crippen LogP contribution in [0.25, 0.3) is 0 Å². The van der Waals surface area contributed by atoms with Crippen LogP contribution in [-0.2, 0) is 10.0 Å². The summed E-state index contributed by atoms with van der Waals surface area (Å²) in [4.78, 5) is 0.246. The molecule has 7 heteroatoms. The van der Waals surface area contributed by atoms with Crippen LogP contribution >= 0.6 is 0 Å². The fourth-order valence-electron chi connectivity index (χ4n) is 4.95. The van der Waals surface area contributed by atoms with Gasteiger partial charge in [-0.3, -0.25) is 4.72 Å². The standard InChI is InChI=1S/C27H28N2O4S/c1-3-33-26-10-5-4-7-23(26)27-22-9-6-8-21(22)24-17-20(15-16-25(24)28-27)34(30,31)29-18-11-13-19(32-2)14-12-18/h4-8,10-17,21-22,27-29H,3,9H2,1-2H3. The molecule has 176 valence electrons. The fourth-order valence-corrected chi connectivity index (χ4v) is 6.04. The van der Waals surface area contributed by atoms with E-state index < -0.39 is 10.0 Å². The highest BCUT2D eigenvalue weighted by molar-refractivity contribution is 7.92. The Hall–Kier alpha value is -3.45. The van der Waals surface area contributed by atoms with Crippen LogP contribution < -0.4 is 19.5 Å². The molecule has 3 aromatic rings. The number of sulfonamides is 1. The van der Waals surface area contributed by atoms with Crippen LogP contribution in [0.2, 0.25) is 0 Å². The second kappa shape index (κ2) is 9.06. The van der Waals surface area contributed by atoms with E-state index in [1.807, 2.05) is 31.2 Å². The van der Waals surface area contributed by atoms with Gasteiger partial charge in [0, 0.05) is 22.9 Å². The zero-order valence-corrected chi connectivity index (χ0v) is 20.0. The molecule has 0 fully saturated rings. The number of hydrogen-bond acceptors (Lipinski definition) is 5. The summed E-state index contributed by atoms with van der Waals surface area (Å²) in [5.41, 5.74) is 3.57. The smallest absolute Gasteiger partial charge is 0.261 e. The summed E-state index contributed by atoms with van der Waals surface area (Å²) >= 11 is 0. The average molecular weight is 477 g/mol. The molecule has 0 amide bonds. The zero-order chi connectivity index (χ0) is 23.7. The molecule has 3 unspecified atom stereocenters. The largest absolute Gasteiger partial charge is 0.497 e. The quantitative estimate of drug-likeness (QED) is 0.427. The van der Waals surface area contributed by atoms with Crippen LogP contribution in [-0.4, -0.2) is 22.1 Å². The molecule has 3 atom stereocenters. The minimum Gasteiger partial charge on any atom is -0.497 e. The summed E-state index contributed by atoms with van der Waals surface area (Å²) in [7, 11) is -2.16. The number of rotatable bonds is 7. The first-order valence-electron chi connectivity index (χ1n) is 11.5. The van der Waals surface area contributed by atoms with Gasteiger partial charge in [-0.05, 0) is 73.4 Å². The molecular formula is C27H28N2O4S. The molecule has 2 N–H and O–H groups in total. The number of methoxy groups -OCH3 is 1. The number of hydrogen-bond donors (Lipinski definition) is 2. The lowest BCUT2D eigenvalue weighted by atomic mass is 9.77. The number of anilines is 2. The van der Waals surface area contributed by atoms with Crippen LogP contribution in [0.1, 0.15) is 36.4 Å². The van der Waals surface area contributed by atoms with Gasteiger partial charge in [-0.15, -0.1) is 0 Å². The molecule has 0 radical (unpaired) electrons. The van der Waals surface area contributed by atoms with Gasteiger partial charge in [-0.2, -0.15) is 0 Å². The number of nitrogens with one attached hydrogen (secondary N) is 2. The highest BCUT2D eigenvalue weighted by Gasteiger charge is 2.39. The van der Waals surface area contributed by atoms with Gasteiger partial charge < -0.3 is 14.8 Å². The Kier molecular flexibility index (Phi) is 5.96. The fraction of sp³-hybridized carbons (Fsp3) is 0.259. The number of fused-ring (bicyclic) bond motifs is 3.